The zero-order valence-corrected chi connectivity index (χ0v) is 10.0. The van der Waals surface area contributed by atoms with Crippen LogP contribution in [0.25, 0.3) is 11.0 Å². The fourth-order valence-corrected chi connectivity index (χ4v) is 2.12. The minimum Gasteiger partial charge on any atom is -0.324 e. The summed E-state index contributed by atoms with van der Waals surface area (Å²) in [6.45, 7) is 1.98. The molecular formula is C12H15N5O. The monoisotopic (exact) mass is 245 g/mol. The lowest BCUT2D eigenvalue weighted by molar-refractivity contribution is -0.123. The number of H-pyrrole nitrogens is 1. The standard InChI is InChI=1S/C12H15N5O/c1-7-6-10(18)16-11(13-7)17-12-14-8-4-2-3-5-9(8)15-12/h2-5,7,11,13H,6H2,1H3,(H,16,18)(H2,14,15,17). The number of anilines is 1. The predicted octanol–water partition coefficient (Wildman–Crippen LogP) is 0.756. The first-order chi connectivity index (χ1) is 8.70. The van der Waals surface area contributed by atoms with Gasteiger partial charge in [0.25, 0.3) is 0 Å². The van der Waals surface area contributed by atoms with Crippen molar-refractivity contribution < 1.29 is 4.79 Å². The molecule has 2 atom stereocenters. The molecule has 1 amide bonds. The maximum absolute atomic E-state index is 11.4. The van der Waals surface area contributed by atoms with Crippen LogP contribution in [-0.4, -0.2) is 28.2 Å². The summed E-state index contributed by atoms with van der Waals surface area (Å²) >= 11 is 0. The summed E-state index contributed by atoms with van der Waals surface area (Å²) < 4.78 is 0. The quantitative estimate of drug-likeness (QED) is 0.629. The van der Waals surface area contributed by atoms with Crippen LogP contribution in [0.15, 0.2) is 24.3 Å². The Balaban J connectivity index is 1.77. The van der Waals surface area contributed by atoms with E-state index in [1.807, 2.05) is 31.2 Å². The molecule has 1 aliphatic heterocycles. The Labute approximate surface area is 104 Å². The normalized spacial score (nSPS) is 23.9. The zero-order valence-electron chi connectivity index (χ0n) is 10.0. The van der Waals surface area contributed by atoms with Crippen molar-refractivity contribution in [2.45, 2.75) is 25.7 Å². The first-order valence-electron chi connectivity index (χ1n) is 5.97. The van der Waals surface area contributed by atoms with E-state index in [0.29, 0.717) is 12.4 Å². The minimum absolute atomic E-state index is 0.0369. The Hall–Kier alpha value is -2.08. The molecule has 0 saturated carbocycles. The van der Waals surface area contributed by atoms with Crippen LogP contribution in [-0.2, 0) is 4.79 Å². The van der Waals surface area contributed by atoms with E-state index in [1.165, 1.54) is 0 Å². The first kappa shape index (κ1) is 11.0. The SMILES string of the molecule is CC1CC(=O)NC(Nc2nc3ccccc3[nH]2)N1. The average molecular weight is 245 g/mol. The Morgan fingerprint density at radius 2 is 2.22 bits per heavy atom. The second-order valence-electron chi connectivity index (χ2n) is 4.52. The molecule has 18 heavy (non-hydrogen) atoms. The number of rotatable bonds is 2. The predicted molar refractivity (Wildman–Crippen MR) is 68.9 cm³/mol. The summed E-state index contributed by atoms with van der Waals surface area (Å²) in [5.41, 5.74) is 1.87. The fraction of sp³-hybridized carbons (Fsp3) is 0.333. The lowest BCUT2D eigenvalue weighted by Crippen LogP contribution is -2.59. The maximum atomic E-state index is 11.4. The van der Waals surface area contributed by atoms with Gasteiger partial charge in [-0.25, -0.2) is 4.98 Å². The van der Waals surface area contributed by atoms with E-state index in [1.54, 1.807) is 0 Å². The number of amides is 1. The van der Waals surface area contributed by atoms with Crippen molar-refractivity contribution >= 4 is 22.9 Å². The van der Waals surface area contributed by atoms with Crippen LogP contribution < -0.4 is 16.0 Å². The number of imidazole rings is 1. The van der Waals surface area contributed by atoms with Gasteiger partial charge in [0.05, 0.1) is 11.0 Å². The summed E-state index contributed by atoms with van der Waals surface area (Å²) in [5, 5.41) is 9.18. The van der Waals surface area contributed by atoms with E-state index in [2.05, 4.69) is 25.9 Å². The van der Waals surface area contributed by atoms with Gasteiger partial charge >= 0.3 is 0 Å². The molecule has 0 spiro atoms. The van der Waals surface area contributed by atoms with E-state index >= 15 is 0 Å². The molecule has 2 aromatic rings. The van der Waals surface area contributed by atoms with Gasteiger partial charge in [0, 0.05) is 12.5 Å². The van der Waals surface area contributed by atoms with Crippen LogP contribution in [0.4, 0.5) is 5.95 Å². The van der Waals surface area contributed by atoms with Crippen molar-refractivity contribution in [2.75, 3.05) is 5.32 Å². The van der Waals surface area contributed by atoms with Crippen molar-refractivity contribution in [1.82, 2.24) is 20.6 Å². The van der Waals surface area contributed by atoms with E-state index in [9.17, 15) is 4.79 Å². The second kappa shape index (κ2) is 4.30. The molecule has 1 aromatic carbocycles. The van der Waals surface area contributed by atoms with Gasteiger partial charge in [0.1, 0.15) is 0 Å². The molecule has 0 aliphatic carbocycles. The van der Waals surface area contributed by atoms with Crippen LogP contribution >= 0.6 is 0 Å². The number of carbonyl (C=O) groups is 1. The molecule has 1 aliphatic rings. The van der Waals surface area contributed by atoms with Gasteiger partial charge in [-0.15, -0.1) is 0 Å². The maximum Gasteiger partial charge on any atom is 0.224 e. The number of carbonyl (C=O) groups excluding carboxylic acids is 1. The van der Waals surface area contributed by atoms with Crippen LogP contribution in [0.1, 0.15) is 13.3 Å². The van der Waals surface area contributed by atoms with Crippen LogP contribution in [0.3, 0.4) is 0 Å². The van der Waals surface area contributed by atoms with E-state index < -0.39 is 0 Å². The van der Waals surface area contributed by atoms with Crippen molar-refractivity contribution in [1.29, 1.82) is 0 Å². The highest BCUT2D eigenvalue weighted by Crippen LogP contribution is 2.13. The number of hydrogen-bond donors (Lipinski definition) is 4. The van der Waals surface area contributed by atoms with Crippen LogP contribution in [0.2, 0.25) is 0 Å². The second-order valence-corrected chi connectivity index (χ2v) is 4.52. The molecule has 2 unspecified atom stereocenters. The lowest BCUT2D eigenvalue weighted by Gasteiger charge is -2.29. The molecule has 1 fully saturated rings. The van der Waals surface area contributed by atoms with Crippen molar-refractivity contribution in [2.24, 2.45) is 0 Å². The van der Waals surface area contributed by atoms with E-state index in [4.69, 9.17) is 0 Å². The highest BCUT2D eigenvalue weighted by molar-refractivity contribution is 5.79. The Morgan fingerprint density at radius 3 is 3.00 bits per heavy atom. The van der Waals surface area contributed by atoms with Crippen LogP contribution in [0, 0.1) is 0 Å². The molecule has 2 heterocycles. The summed E-state index contributed by atoms with van der Waals surface area (Å²) in [4.78, 5) is 19.0. The van der Waals surface area contributed by atoms with Crippen molar-refractivity contribution in [3.05, 3.63) is 24.3 Å². The number of para-hydroxylation sites is 2. The fourth-order valence-electron chi connectivity index (χ4n) is 2.12. The van der Waals surface area contributed by atoms with Gasteiger partial charge in [-0.3, -0.25) is 10.1 Å². The number of benzene rings is 1. The van der Waals surface area contributed by atoms with Gasteiger partial charge in [-0.2, -0.15) is 0 Å². The molecule has 1 saturated heterocycles. The zero-order chi connectivity index (χ0) is 12.5. The van der Waals surface area contributed by atoms with Crippen molar-refractivity contribution in [3.63, 3.8) is 0 Å². The Kier molecular flexibility index (Phi) is 2.64. The van der Waals surface area contributed by atoms with E-state index in [-0.39, 0.29) is 18.2 Å². The molecule has 1 aromatic heterocycles. The summed E-state index contributed by atoms with van der Waals surface area (Å²) in [6, 6.07) is 7.94. The van der Waals surface area contributed by atoms with E-state index in [0.717, 1.165) is 11.0 Å². The van der Waals surface area contributed by atoms with Gasteiger partial charge in [0.2, 0.25) is 11.9 Å². The lowest BCUT2D eigenvalue weighted by atomic mass is 10.2. The number of fused-ring (bicyclic) bond motifs is 1. The molecule has 6 nitrogen and oxygen atoms in total. The van der Waals surface area contributed by atoms with Gasteiger partial charge in [-0.05, 0) is 19.1 Å². The summed E-state index contributed by atoms with van der Waals surface area (Å²) in [7, 11) is 0. The number of nitrogens with zero attached hydrogens (tertiary/aromatic N) is 1. The number of hydrogen-bond acceptors (Lipinski definition) is 4. The summed E-state index contributed by atoms with van der Waals surface area (Å²) in [5.74, 6) is 0.679. The topological polar surface area (TPSA) is 81.8 Å². The highest BCUT2D eigenvalue weighted by atomic mass is 16.2. The third-order valence-electron chi connectivity index (χ3n) is 2.92. The Bertz CT molecular complexity index is 546. The average Bonchev–Trinajstić information content (AvgIpc) is 2.69. The van der Waals surface area contributed by atoms with Gasteiger partial charge in [0.15, 0.2) is 6.29 Å². The smallest absolute Gasteiger partial charge is 0.224 e. The highest BCUT2D eigenvalue weighted by Gasteiger charge is 2.22. The number of aromatic nitrogens is 2. The number of aromatic amines is 1. The largest absolute Gasteiger partial charge is 0.324 e. The first-order valence-corrected chi connectivity index (χ1v) is 5.97. The number of nitrogens with one attached hydrogen (secondary N) is 4. The summed E-state index contributed by atoms with van der Waals surface area (Å²) in [6.07, 6.45) is 0.208. The molecule has 0 radical (unpaired) electrons. The molecule has 94 valence electrons. The molecule has 0 bridgehead atoms. The minimum atomic E-state index is -0.290. The third-order valence-corrected chi connectivity index (χ3v) is 2.92. The van der Waals surface area contributed by atoms with Crippen molar-refractivity contribution in [3.8, 4) is 0 Å². The van der Waals surface area contributed by atoms with Crippen LogP contribution in [0.5, 0.6) is 0 Å². The third kappa shape index (κ3) is 2.14. The van der Waals surface area contributed by atoms with Gasteiger partial charge < -0.3 is 15.6 Å². The molecule has 6 heteroatoms. The molecule has 3 rings (SSSR count). The molecular weight excluding hydrogens is 230 g/mol. The van der Waals surface area contributed by atoms with Gasteiger partial charge in [-0.1, -0.05) is 12.1 Å². The Morgan fingerprint density at radius 1 is 1.39 bits per heavy atom. The molecule has 4 N–H and O–H groups in total.